The van der Waals surface area contributed by atoms with Crippen molar-refractivity contribution in [3.05, 3.63) is 23.5 Å². The van der Waals surface area contributed by atoms with Crippen LogP contribution in [0.2, 0.25) is 0 Å². The van der Waals surface area contributed by atoms with Gasteiger partial charge in [-0.05, 0) is 25.5 Å². The highest BCUT2D eigenvalue weighted by Gasteiger charge is 2.29. The Morgan fingerprint density at radius 2 is 1.95 bits per heavy atom. The van der Waals surface area contributed by atoms with E-state index in [2.05, 4.69) is 0 Å². The van der Waals surface area contributed by atoms with Crippen molar-refractivity contribution in [2.24, 2.45) is 0 Å². The van der Waals surface area contributed by atoms with Crippen molar-refractivity contribution in [2.75, 3.05) is 7.11 Å². The van der Waals surface area contributed by atoms with Crippen LogP contribution in [0.5, 0.6) is 11.5 Å². The van der Waals surface area contributed by atoms with Gasteiger partial charge in [-0.3, -0.25) is 4.79 Å². The van der Waals surface area contributed by atoms with Gasteiger partial charge in [0.1, 0.15) is 5.82 Å². The maximum absolute atomic E-state index is 14.2. The molecule has 1 rings (SSSR count). The standard InChI is InChI=1S/C15H21FO4/c1-9(2)20-13-6-10(11(16)7-12(13)19-5)15(3,4)8-14(17)18/h6-7,9H,8H2,1-5H3,(H,17,18). The first-order chi connectivity index (χ1) is 9.17. The maximum Gasteiger partial charge on any atom is 0.304 e. The SMILES string of the molecule is COc1cc(F)c(C(C)(C)CC(=O)O)cc1OC(C)C. The van der Waals surface area contributed by atoms with Gasteiger partial charge in [-0.25, -0.2) is 4.39 Å². The number of benzene rings is 1. The first-order valence-corrected chi connectivity index (χ1v) is 6.44. The fourth-order valence-corrected chi connectivity index (χ4v) is 2.03. The van der Waals surface area contributed by atoms with Crippen LogP contribution in [0.15, 0.2) is 12.1 Å². The molecule has 0 aliphatic carbocycles. The first-order valence-electron chi connectivity index (χ1n) is 6.44. The van der Waals surface area contributed by atoms with E-state index in [9.17, 15) is 9.18 Å². The van der Waals surface area contributed by atoms with E-state index in [0.717, 1.165) is 0 Å². The lowest BCUT2D eigenvalue weighted by Gasteiger charge is -2.25. The molecule has 0 aromatic heterocycles. The Labute approximate surface area is 118 Å². The molecule has 0 atom stereocenters. The zero-order valence-electron chi connectivity index (χ0n) is 12.5. The number of hydrogen-bond donors (Lipinski definition) is 1. The summed E-state index contributed by atoms with van der Waals surface area (Å²) in [5, 5.41) is 8.94. The maximum atomic E-state index is 14.2. The molecule has 0 aliphatic rings. The Bertz CT molecular complexity index is 495. The number of carbonyl (C=O) groups is 1. The first kappa shape index (κ1) is 16.3. The highest BCUT2D eigenvalue weighted by molar-refractivity contribution is 5.69. The van der Waals surface area contributed by atoms with E-state index >= 15 is 0 Å². The predicted octanol–water partition coefficient (Wildman–Crippen LogP) is 3.37. The molecule has 0 saturated carbocycles. The molecule has 1 aromatic carbocycles. The summed E-state index contributed by atoms with van der Waals surface area (Å²) in [7, 11) is 1.43. The van der Waals surface area contributed by atoms with Crippen molar-refractivity contribution in [3.63, 3.8) is 0 Å². The molecule has 1 N–H and O–H groups in total. The van der Waals surface area contributed by atoms with Crippen LogP contribution in [0.1, 0.15) is 39.7 Å². The van der Waals surface area contributed by atoms with E-state index < -0.39 is 17.2 Å². The number of rotatable bonds is 6. The molecule has 0 aliphatic heterocycles. The molecule has 0 unspecified atom stereocenters. The minimum atomic E-state index is -0.975. The van der Waals surface area contributed by atoms with Crippen molar-refractivity contribution in [1.29, 1.82) is 0 Å². The molecular weight excluding hydrogens is 263 g/mol. The Morgan fingerprint density at radius 1 is 1.35 bits per heavy atom. The normalized spacial score (nSPS) is 11.6. The van der Waals surface area contributed by atoms with Gasteiger partial charge < -0.3 is 14.6 Å². The highest BCUT2D eigenvalue weighted by Crippen LogP contribution is 2.37. The van der Waals surface area contributed by atoms with Crippen molar-refractivity contribution in [1.82, 2.24) is 0 Å². The van der Waals surface area contributed by atoms with Gasteiger partial charge in [0.2, 0.25) is 0 Å². The van der Waals surface area contributed by atoms with Crippen LogP contribution in [-0.4, -0.2) is 24.3 Å². The second-order valence-electron chi connectivity index (χ2n) is 5.60. The average molecular weight is 284 g/mol. The minimum absolute atomic E-state index is 0.0928. The van der Waals surface area contributed by atoms with Crippen LogP contribution < -0.4 is 9.47 Å². The Morgan fingerprint density at radius 3 is 2.40 bits per heavy atom. The van der Waals surface area contributed by atoms with Gasteiger partial charge in [0, 0.05) is 11.5 Å². The summed E-state index contributed by atoms with van der Waals surface area (Å²) in [6.45, 7) is 7.08. The quantitative estimate of drug-likeness (QED) is 0.870. The smallest absolute Gasteiger partial charge is 0.304 e. The summed E-state index contributed by atoms with van der Waals surface area (Å²) in [6, 6.07) is 2.76. The van der Waals surface area contributed by atoms with Gasteiger partial charge in [-0.2, -0.15) is 0 Å². The molecule has 0 spiro atoms. The second kappa shape index (κ2) is 6.11. The van der Waals surface area contributed by atoms with Crippen LogP contribution in [-0.2, 0) is 10.2 Å². The lowest BCUT2D eigenvalue weighted by Crippen LogP contribution is -2.23. The Hall–Kier alpha value is -1.78. The van der Waals surface area contributed by atoms with Crippen LogP contribution >= 0.6 is 0 Å². The van der Waals surface area contributed by atoms with Crippen molar-refractivity contribution in [2.45, 2.75) is 45.6 Å². The topological polar surface area (TPSA) is 55.8 Å². The third-order valence-electron chi connectivity index (χ3n) is 2.94. The van der Waals surface area contributed by atoms with Gasteiger partial charge in [-0.1, -0.05) is 13.8 Å². The highest BCUT2D eigenvalue weighted by atomic mass is 19.1. The summed E-state index contributed by atoms with van der Waals surface area (Å²) in [4.78, 5) is 10.9. The summed E-state index contributed by atoms with van der Waals surface area (Å²) < 4.78 is 24.9. The number of aliphatic carboxylic acids is 1. The molecule has 5 heteroatoms. The van der Waals surface area contributed by atoms with E-state index in [1.54, 1.807) is 13.8 Å². The second-order valence-corrected chi connectivity index (χ2v) is 5.60. The van der Waals surface area contributed by atoms with Gasteiger partial charge in [-0.15, -0.1) is 0 Å². The molecule has 0 saturated heterocycles. The molecule has 0 bridgehead atoms. The minimum Gasteiger partial charge on any atom is -0.493 e. The van der Waals surface area contributed by atoms with Gasteiger partial charge in [0.05, 0.1) is 19.6 Å². The Kier molecular flexibility index (Phi) is 4.98. The predicted molar refractivity (Wildman–Crippen MR) is 74.0 cm³/mol. The van der Waals surface area contributed by atoms with Crippen LogP contribution in [0.25, 0.3) is 0 Å². The monoisotopic (exact) mass is 284 g/mol. The molecule has 4 nitrogen and oxygen atoms in total. The zero-order chi connectivity index (χ0) is 15.5. The third-order valence-corrected chi connectivity index (χ3v) is 2.94. The van der Waals surface area contributed by atoms with E-state index in [4.69, 9.17) is 14.6 Å². The van der Waals surface area contributed by atoms with Crippen molar-refractivity contribution >= 4 is 5.97 Å². The van der Waals surface area contributed by atoms with Gasteiger partial charge >= 0.3 is 5.97 Å². The molecule has 0 fully saturated rings. The molecule has 1 aromatic rings. The van der Waals surface area contributed by atoms with Crippen molar-refractivity contribution in [3.8, 4) is 11.5 Å². The number of ether oxygens (including phenoxy) is 2. The number of carboxylic acids is 1. The largest absolute Gasteiger partial charge is 0.493 e. The molecule has 0 radical (unpaired) electrons. The lowest BCUT2D eigenvalue weighted by atomic mass is 9.81. The molecule has 112 valence electrons. The molecule has 0 heterocycles. The number of halogens is 1. The molecule has 20 heavy (non-hydrogen) atoms. The fraction of sp³-hybridized carbons (Fsp3) is 0.533. The van der Waals surface area contributed by atoms with Gasteiger partial charge in [0.15, 0.2) is 11.5 Å². The summed E-state index contributed by atoms with van der Waals surface area (Å²) in [5.74, 6) is -0.760. The summed E-state index contributed by atoms with van der Waals surface area (Å²) >= 11 is 0. The van der Waals surface area contributed by atoms with Crippen molar-refractivity contribution < 1.29 is 23.8 Å². The number of carboxylic acid groups (broad SMARTS) is 1. The van der Waals surface area contributed by atoms with Crippen LogP contribution in [0, 0.1) is 5.82 Å². The van der Waals surface area contributed by atoms with E-state index in [1.165, 1.54) is 19.2 Å². The summed E-state index contributed by atoms with van der Waals surface area (Å²) in [5.41, 5.74) is -0.534. The van der Waals surface area contributed by atoms with Crippen LogP contribution in [0.3, 0.4) is 0 Å². The average Bonchev–Trinajstić information content (AvgIpc) is 2.28. The lowest BCUT2D eigenvalue weighted by molar-refractivity contribution is -0.138. The number of methoxy groups -OCH3 is 1. The molecule has 0 amide bonds. The Balaban J connectivity index is 3.29. The van der Waals surface area contributed by atoms with Gasteiger partial charge in [0.25, 0.3) is 0 Å². The summed E-state index contributed by atoms with van der Waals surface area (Å²) in [6.07, 6.45) is -0.262. The van der Waals surface area contributed by atoms with E-state index in [0.29, 0.717) is 17.1 Å². The van der Waals surface area contributed by atoms with E-state index in [-0.39, 0.29) is 12.5 Å². The number of hydrogen-bond acceptors (Lipinski definition) is 3. The van der Waals surface area contributed by atoms with E-state index in [1.807, 2.05) is 13.8 Å². The molecular formula is C15H21FO4. The third kappa shape index (κ3) is 3.85. The van der Waals surface area contributed by atoms with Crippen LogP contribution in [0.4, 0.5) is 4.39 Å². The fourth-order valence-electron chi connectivity index (χ4n) is 2.03. The zero-order valence-corrected chi connectivity index (χ0v) is 12.5.